The van der Waals surface area contributed by atoms with Crippen molar-refractivity contribution in [3.05, 3.63) is 47.5 Å². The molecule has 2 aromatic carbocycles. The van der Waals surface area contributed by atoms with Gasteiger partial charge >= 0.3 is 34.1 Å². The van der Waals surface area contributed by atoms with E-state index in [0.29, 0.717) is 42.1 Å². The Morgan fingerprint density at radius 1 is 0.650 bits per heavy atom. The van der Waals surface area contributed by atoms with Crippen LogP contribution in [0.3, 0.4) is 0 Å². The van der Waals surface area contributed by atoms with Crippen LogP contribution in [0.1, 0.15) is 17.5 Å². The van der Waals surface area contributed by atoms with Gasteiger partial charge in [0.15, 0.2) is 0 Å². The van der Waals surface area contributed by atoms with Gasteiger partial charge in [-0.1, -0.05) is 35.8 Å². The number of hydrogen-bond acceptors (Lipinski definition) is 14. The van der Waals surface area contributed by atoms with Crippen LogP contribution in [0.25, 0.3) is 0 Å². The van der Waals surface area contributed by atoms with E-state index in [0.717, 1.165) is 0 Å². The molecule has 0 aromatic heterocycles. The predicted octanol–water partition coefficient (Wildman–Crippen LogP) is -10.5. The number of rotatable bonds is 8. The van der Waals surface area contributed by atoms with Crippen LogP contribution in [0.5, 0.6) is 23.0 Å². The molecule has 1 radical (unpaired) electrons. The second kappa shape index (κ2) is 26.1. The monoisotopic (exact) mass is 714 g/mol. The van der Waals surface area contributed by atoms with Crippen LogP contribution in [0, 0.1) is 20.5 Å². The Kier molecular flexibility index (Phi) is 33.2. The third kappa shape index (κ3) is 27.7. The molecule has 2 rings (SSSR count). The minimum Gasteiger partial charge on any atom is -0.870 e. The van der Waals surface area contributed by atoms with E-state index in [1.807, 2.05) is 0 Å². The van der Waals surface area contributed by atoms with Crippen molar-refractivity contribution in [1.82, 2.24) is 0 Å². The van der Waals surface area contributed by atoms with E-state index >= 15 is 0 Å². The van der Waals surface area contributed by atoms with Crippen molar-refractivity contribution in [2.75, 3.05) is 27.3 Å². The first kappa shape index (κ1) is 50.9. The molecular formula is C19H29Cl2CuFeN2O15+3. The zero-order valence-corrected chi connectivity index (χ0v) is 24.2. The van der Waals surface area contributed by atoms with Gasteiger partial charge in [-0.25, -0.2) is 37.3 Å². The van der Waals surface area contributed by atoms with E-state index in [-0.39, 0.29) is 62.1 Å². The number of ether oxygens (including phenoxy) is 2. The summed E-state index contributed by atoms with van der Waals surface area (Å²) in [4.78, 5) is 8.46. The first-order chi connectivity index (χ1) is 16.2. The molecule has 21 heteroatoms. The molecule has 0 spiro atoms. The van der Waals surface area contributed by atoms with Gasteiger partial charge in [0.05, 0.1) is 14.2 Å². The van der Waals surface area contributed by atoms with Gasteiger partial charge in [-0.05, 0) is 29.7 Å². The van der Waals surface area contributed by atoms with E-state index in [4.69, 9.17) is 46.7 Å². The number of benzene rings is 2. The molecule has 0 heterocycles. The number of hydrogen-bond donors (Lipinski definition) is 0. The summed E-state index contributed by atoms with van der Waals surface area (Å²) in [6.45, 7) is 1.08. The number of nitrogens with zero attached hydrogens (tertiary/aromatic N) is 2. The van der Waals surface area contributed by atoms with Gasteiger partial charge in [-0.3, -0.25) is 9.98 Å². The molecule has 9 N–H and O–H groups in total. The molecule has 40 heavy (non-hydrogen) atoms. The van der Waals surface area contributed by atoms with E-state index in [2.05, 4.69) is 9.98 Å². The van der Waals surface area contributed by atoms with Crippen LogP contribution in [0.15, 0.2) is 46.4 Å². The normalized spacial score (nSPS) is 10.1. The molecule has 235 valence electrons. The van der Waals surface area contributed by atoms with E-state index in [9.17, 15) is 10.2 Å². The molecule has 0 unspecified atom stereocenters. The third-order valence-corrected chi connectivity index (χ3v) is 3.49. The zero-order valence-electron chi connectivity index (χ0n) is 20.7. The summed E-state index contributed by atoms with van der Waals surface area (Å²) in [5.41, 5.74) is 0.991. The second-order valence-corrected chi connectivity index (χ2v) is 7.45. The van der Waals surface area contributed by atoms with Crippen LogP contribution in [0.2, 0.25) is 0 Å². The van der Waals surface area contributed by atoms with Gasteiger partial charge in [0.25, 0.3) is 0 Å². The van der Waals surface area contributed by atoms with Crippen LogP contribution in [-0.2, 0) is 50.6 Å². The van der Waals surface area contributed by atoms with E-state index in [1.54, 1.807) is 48.8 Å². The van der Waals surface area contributed by atoms with Crippen molar-refractivity contribution in [2.45, 2.75) is 6.42 Å². The molecule has 0 bridgehead atoms. The number of methoxy groups -OCH3 is 2. The van der Waals surface area contributed by atoms with Gasteiger partial charge in [0.2, 0.25) is 0 Å². The summed E-state index contributed by atoms with van der Waals surface area (Å²) >= 11 is 0. The average Bonchev–Trinajstić information content (AvgIpc) is 2.73. The Morgan fingerprint density at radius 2 is 0.925 bits per heavy atom. The average molecular weight is 716 g/mol. The van der Waals surface area contributed by atoms with Crippen LogP contribution in [-0.4, -0.2) is 39.7 Å². The first-order valence-corrected chi connectivity index (χ1v) is 11.6. The molecule has 0 saturated carbocycles. The Hall–Kier alpha value is -1.84. The van der Waals surface area contributed by atoms with Crippen LogP contribution < -0.4 is 57.0 Å². The fourth-order valence-corrected chi connectivity index (χ4v) is 2.17. The van der Waals surface area contributed by atoms with Gasteiger partial charge in [-0.15, -0.1) is 20.5 Å². The Balaban J connectivity index is -0.000000167. The summed E-state index contributed by atoms with van der Waals surface area (Å²) in [5, 5.41) is 23.9. The Morgan fingerprint density at radius 3 is 1.18 bits per heavy atom. The van der Waals surface area contributed by atoms with E-state index in [1.165, 1.54) is 14.2 Å². The number of para-hydroxylation sites is 2. The summed E-state index contributed by atoms with van der Waals surface area (Å²) in [5.74, 6) is 0.265. The van der Waals surface area contributed by atoms with Crippen molar-refractivity contribution in [3.8, 4) is 23.0 Å². The second-order valence-electron chi connectivity index (χ2n) is 5.94. The van der Waals surface area contributed by atoms with Crippen molar-refractivity contribution in [2.24, 2.45) is 9.98 Å². The minimum atomic E-state index is -4.94. The number of halogens is 2. The van der Waals surface area contributed by atoms with Crippen LogP contribution >= 0.6 is 0 Å². The molecule has 17 nitrogen and oxygen atoms in total. The molecule has 0 saturated heterocycles. The minimum absolute atomic E-state index is 0. The topological polar surface area (TPSA) is 373 Å². The summed E-state index contributed by atoms with van der Waals surface area (Å²) in [6, 6.07) is 10.1. The molecule has 0 aliphatic rings. The SMILES string of the molecule is COc1cccc(C=NCCCN=Cc2cccc(OC)c2[O-])c1[O-].[Cu+2].[Fe+2].[O-][Cl+3]([O-])([O-])[O-].[O-][Cl+3]([O-])([O-])[O-].[OH3+].[OH3+].[OH3+]. The predicted molar refractivity (Wildman–Crippen MR) is 109 cm³/mol. The zero-order chi connectivity index (χ0) is 27.1. The molecule has 2 aromatic rings. The Bertz CT molecular complexity index is 877. The van der Waals surface area contributed by atoms with Crippen molar-refractivity contribution in [3.63, 3.8) is 0 Å². The Labute approximate surface area is 254 Å². The van der Waals surface area contributed by atoms with Gasteiger partial charge < -0.3 is 36.1 Å². The summed E-state index contributed by atoms with van der Waals surface area (Å²) < 4.78 is 77.9. The summed E-state index contributed by atoms with van der Waals surface area (Å²) in [7, 11) is -6.96. The van der Waals surface area contributed by atoms with Crippen molar-refractivity contribution >= 4 is 12.4 Å². The quantitative estimate of drug-likeness (QED) is 0.106. The molecule has 0 atom stereocenters. The molecule has 0 aliphatic heterocycles. The standard InChI is InChI=1S/C19H22N2O4.2ClHO4.Cu.Fe.3H2O/c1-24-16-8-3-6-14(18(16)22)12-20-10-5-11-21-13-15-7-4-9-17(25-2)19(15)23;2*2-1(3,4)5;;;;;/h3-4,6-9,12-13,22-23H,5,10-11H2,1-2H3;2*(H,2,3,4,5);;;3*1H2/q;;;2*+2;;;/p-1. The first-order valence-electron chi connectivity index (χ1n) is 9.08. The van der Waals surface area contributed by atoms with Crippen molar-refractivity contribution < 1.29 is 128 Å². The smallest absolute Gasteiger partial charge is 0.870 e. The molecular weight excluding hydrogens is 687 g/mol. The number of aliphatic imine (C=N–C) groups is 2. The summed E-state index contributed by atoms with van der Waals surface area (Å²) in [6.07, 6.45) is 3.81. The van der Waals surface area contributed by atoms with Gasteiger partial charge in [-0.2, -0.15) is 0 Å². The fraction of sp³-hybridized carbons (Fsp3) is 0.263. The van der Waals surface area contributed by atoms with Gasteiger partial charge in [0, 0.05) is 25.5 Å². The maximum absolute atomic E-state index is 11.9. The third-order valence-electron chi connectivity index (χ3n) is 3.49. The van der Waals surface area contributed by atoms with E-state index < -0.39 is 20.5 Å². The molecule has 0 fully saturated rings. The maximum atomic E-state index is 11.9. The fourth-order valence-electron chi connectivity index (χ4n) is 2.17. The molecule has 0 amide bonds. The molecule has 0 aliphatic carbocycles. The van der Waals surface area contributed by atoms with Crippen LogP contribution in [0.4, 0.5) is 0 Å². The largest absolute Gasteiger partial charge is 2.00 e. The maximum Gasteiger partial charge on any atom is 2.00 e. The van der Waals surface area contributed by atoms with Gasteiger partial charge in [0.1, 0.15) is 11.5 Å². The van der Waals surface area contributed by atoms with Crippen molar-refractivity contribution in [1.29, 1.82) is 0 Å².